The third-order valence-electron chi connectivity index (χ3n) is 5.99. The summed E-state index contributed by atoms with van der Waals surface area (Å²) in [5.74, 6) is 1.92. The van der Waals surface area contributed by atoms with E-state index >= 15 is 0 Å². The van der Waals surface area contributed by atoms with Crippen molar-refractivity contribution in [1.82, 2.24) is 4.90 Å². The van der Waals surface area contributed by atoms with Gasteiger partial charge in [-0.3, -0.25) is 4.90 Å². The number of nitrogens with zero attached hydrogens (tertiary/aromatic N) is 1. The van der Waals surface area contributed by atoms with Crippen molar-refractivity contribution in [2.45, 2.75) is 52.0 Å². The van der Waals surface area contributed by atoms with Gasteiger partial charge < -0.3 is 5.73 Å². The van der Waals surface area contributed by atoms with Gasteiger partial charge in [-0.05, 0) is 61.8 Å². The molecule has 1 saturated heterocycles. The van der Waals surface area contributed by atoms with Crippen LogP contribution in [0.15, 0.2) is 18.2 Å². The van der Waals surface area contributed by atoms with Gasteiger partial charge >= 0.3 is 0 Å². The molecule has 2 N–H and O–H groups in total. The Hall–Kier alpha value is -0.860. The number of likely N-dealkylation sites (tertiary alicyclic amines) is 1. The fourth-order valence-electron chi connectivity index (χ4n) is 4.52. The van der Waals surface area contributed by atoms with Crippen molar-refractivity contribution in [2.75, 3.05) is 19.6 Å². The maximum Gasteiger partial charge on any atom is 0.0473 e. The van der Waals surface area contributed by atoms with Gasteiger partial charge in [0.05, 0.1) is 0 Å². The Morgan fingerprint density at radius 2 is 1.90 bits per heavy atom. The summed E-state index contributed by atoms with van der Waals surface area (Å²) in [7, 11) is 0. The predicted molar refractivity (Wildman–Crippen MR) is 89.3 cm³/mol. The number of benzene rings is 1. The molecule has 0 radical (unpaired) electrons. The fraction of sp³-hybridized carbons (Fsp3) is 0.684. The zero-order valence-corrected chi connectivity index (χ0v) is 13.6. The lowest BCUT2D eigenvalue weighted by Gasteiger charge is -2.44. The number of hydrogen-bond donors (Lipinski definition) is 1. The van der Waals surface area contributed by atoms with Crippen LogP contribution in [0.3, 0.4) is 0 Å². The molecule has 3 atom stereocenters. The monoisotopic (exact) mass is 286 g/mol. The summed E-state index contributed by atoms with van der Waals surface area (Å²) < 4.78 is 0. The van der Waals surface area contributed by atoms with Gasteiger partial charge in [0.2, 0.25) is 0 Å². The van der Waals surface area contributed by atoms with Crippen LogP contribution in [-0.4, -0.2) is 24.5 Å². The molecular weight excluding hydrogens is 256 g/mol. The minimum Gasteiger partial charge on any atom is -0.329 e. The van der Waals surface area contributed by atoms with Crippen LogP contribution in [0.1, 0.15) is 54.8 Å². The highest BCUT2D eigenvalue weighted by molar-refractivity contribution is 5.35. The number of aryl methyl sites for hydroxylation is 1. The molecule has 21 heavy (non-hydrogen) atoms. The van der Waals surface area contributed by atoms with Crippen molar-refractivity contribution in [1.29, 1.82) is 0 Å². The summed E-state index contributed by atoms with van der Waals surface area (Å²) in [4.78, 5) is 2.67. The summed E-state index contributed by atoms with van der Waals surface area (Å²) in [5, 5.41) is 0. The van der Waals surface area contributed by atoms with Gasteiger partial charge in [0, 0.05) is 19.1 Å². The SMILES string of the molecule is Cc1cccc(C(CN)N2CCC3CCCCC3C2)c1C. The Labute approximate surface area is 129 Å². The maximum atomic E-state index is 6.18. The van der Waals surface area contributed by atoms with Gasteiger partial charge in [-0.25, -0.2) is 0 Å². The van der Waals surface area contributed by atoms with Crippen molar-refractivity contribution in [3.8, 4) is 0 Å². The molecule has 1 aromatic rings. The van der Waals surface area contributed by atoms with E-state index in [0.29, 0.717) is 6.04 Å². The molecule has 2 aliphatic rings. The van der Waals surface area contributed by atoms with Crippen LogP contribution < -0.4 is 5.73 Å². The largest absolute Gasteiger partial charge is 0.329 e. The van der Waals surface area contributed by atoms with E-state index < -0.39 is 0 Å². The maximum absolute atomic E-state index is 6.18. The molecule has 1 aromatic carbocycles. The number of fused-ring (bicyclic) bond motifs is 1. The van der Waals surface area contributed by atoms with E-state index in [0.717, 1.165) is 18.4 Å². The van der Waals surface area contributed by atoms with E-state index in [1.54, 1.807) is 0 Å². The van der Waals surface area contributed by atoms with Crippen molar-refractivity contribution < 1.29 is 0 Å². The molecule has 1 saturated carbocycles. The minimum atomic E-state index is 0.410. The summed E-state index contributed by atoms with van der Waals surface area (Å²) in [5.41, 5.74) is 10.4. The highest BCUT2D eigenvalue weighted by Crippen LogP contribution is 2.38. The number of rotatable bonds is 3. The van der Waals surface area contributed by atoms with Gasteiger partial charge in [0.15, 0.2) is 0 Å². The molecule has 0 bridgehead atoms. The van der Waals surface area contributed by atoms with Crippen molar-refractivity contribution in [3.63, 3.8) is 0 Å². The number of piperidine rings is 1. The Bertz CT molecular complexity index is 482. The molecule has 2 fully saturated rings. The van der Waals surface area contributed by atoms with E-state index in [-0.39, 0.29) is 0 Å². The number of hydrogen-bond acceptors (Lipinski definition) is 2. The Kier molecular flexibility index (Phi) is 4.66. The molecule has 116 valence electrons. The van der Waals surface area contributed by atoms with E-state index in [4.69, 9.17) is 5.73 Å². The first-order valence-electron chi connectivity index (χ1n) is 8.71. The Morgan fingerprint density at radius 3 is 2.67 bits per heavy atom. The second-order valence-electron chi connectivity index (χ2n) is 7.13. The first-order chi connectivity index (χ1) is 10.2. The van der Waals surface area contributed by atoms with Gasteiger partial charge in [-0.15, -0.1) is 0 Å². The highest BCUT2D eigenvalue weighted by Gasteiger charge is 2.34. The molecule has 0 amide bonds. The van der Waals surface area contributed by atoms with Crippen LogP contribution in [0.2, 0.25) is 0 Å². The molecule has 1 aliphatic heterocycles. The van der Waals surface area contributed by atoms with Crippen LogP contribution in [0.25, 0.3) is 0 Å². The van der Waals surface area contributed by atoms with Gasteiger partial charge in [0.1, 0.15) is 0 Å². The smallest absolute Gasteiger partial charge is 0.0473 e. The van der Waals surface area contributed by atoms with Crippen LogP contribution in [-0.2, 0) is 0 Å². The number of nitrogens with two attached hydrogens (primary N) is 1. The lowest BCUT2D eigenvalue weighted by atomic mass is 9.74. The lowest BCUT2D eigenvalue weighted by Crippen LogP contribution is -2.45. The molecule has 2 heteroatoms. The normalized spacial score (nSPS) is 28.1. The third kappa shape index (κ3) is 3.02. The van der Waals surface area contributed by atoms with Gasteiger partial charge in [-0.2, -0.15) is 0 Å². The Morgan fingerprint density at radius 1 is 1.14 bits per heavy atom. The topological polar surface area (TPSA) is 29.3 Å². The summed E-state index contributed by atoms with van der Waals surface area (Å²) in [6.45, 7) is 7.69. The van der Waals surface area contributed by atoms with Crippen molar-refractivity contribution in [2.24, 2.45) is 17.6 Å². The van der Waals surface area contributed by atoms with E-state index in [2.05, 4.69) is 36.9 Å². The van der Waals surface area contributed by atoms with Crippen LogP contribution in [0, 0.1) is 25.7 Å². The first kappa shape index (κ1) is 15.1. The second kappa shape index (κ2) is 6.50. The van der Waals surface area contributed by atoms with E-state index in [9.17, 15) is 0 Å². The van der Waals surface area contributed by atoms with Crippen LogP contribution in [0.4, 0.5) is 0 Å². The zero-order valence-electron chi connectivity index (χ0n) is 13.6. The minimum absolute atomic E-state index is 0.410. The molecule has 0 spiro atoms. The molecule has 1 heterocycles. The molecule has 3 unspecified atom stereocenters. The standard InChI is InChI=1S/C19H30N2/c1-14-6-5-9-18(15(14)2)19(12-20)21-11-10-16-7-3-4-8-17(16)13-21/h5-6,9,16-17,19H,3-4,7-8,10-13,20H2,1-2H3. The average Bonchev–Trinajstić information content (AvgIpc) is 2.52. The molecule has 0 aromatic heterocycles. The zero-order chi connectivity index (χ0) is 14.8. The van der Waals surface area contributed by atoms with E-state index in [1.807, 2.05) is 0 Å². The molecular formula is C19H30N2. The predicted octanol–water partition coefficient (Wildman–Crippen LogP) is 3.82. The van der Waals surface area contributed by atoms with Gasteiger partial charge in [0.25, 0.3) is 0 Å². The van der Waals surface area contributed by atoms with Gasteiger partial charge in [-0.1, -0.05) is 37.5 Å². The average molecular weight is 286 g/mol. The fourth-order valence-corrected chi connectivity index (χ4v) is 4.52. The quantitative estimate of drug-likeness (QED) is 0.915. The Balaban J connectivity index is 1.78. The van der Waals surface area contributed by atoms with Crippen molar-refractivity contribution >= 4 is 0 Å². The summed E-state index contributed by atoms with van der Waals surface area (Å²) >= 11 is 0. The molecule has 1 aliphatic carbocycles. The van der Waals surface area contributed by atoms with Crippen LogP contribution in [0.5, 0.6) is 0 Å². The van der Waals surface area contributed by atoms with Crippen molar-refractivity contribution in [3.05, 3.63) is 34.9 Å². The molecule has 3 rings (SSSR count). The third-order valence-corrected chi connectivity index (χ3v) is 5.99. The van der Waals surface area contributed by atoms with Crippen LogP contribution >= 0.6 is 0 Å². The van der Waals surface area contributed by atoms with E-state index in [1.165, 1.54) is 61.9 Å². The molecule has 2 nitrogen and oxygen atoms in total. The first-order valence-corrected chi connectivity index (χ1v) is 8.71. The summed E-state index contributed by atoms with van der Waals surface area (Å²) in [6, 6.07) is 7.09. The highest BCUT2D eigenvalue weighted by atomic mass is 15.2. The second-order valence-corrected chi connectivity index (χ2v) is 7.13. The lowest BCUT2D eigenvalue weighted by molar-refractivity contribution is 0.0584. The summed E-state index contributed by atoms with van der Waals surface area (Å²) in [6.07, 6.45) is 7.18.